The highest BCUT2D eigenvalue weighted by molar-refractivity contribution is 7.89. The Labute approximate surface area is 219 Å². The van der Waals surface area contributed by atoms with Gasteiger partial charge in [0.1, 0.15) is 11.8 Å². The number of hydrogen-bond donors (Lipinski definition) is 2. The lowest BCUT2D eigenvalue weighted by atomic mass is 9.82. The van der Waals surface area contributed by atoms with Crippen LogP contribution in [0.2, 0.25) is 0 Å². The lowest BCUT2D eigenvalue weighted by Gasteiger charge is -2.38. The van der Waals surface area contributed by atoms with Crippen LogP contribution in [0.3, 0.4) is 0 Å². The molecule has 1 aromatic heterocycles. The summed E-state index contributed by atoms with van der Waals surface area (Å²) in [6.07, 6.45) is 6.85. The van der Waals surface area contributed by atoms with Gasteiger partial charge in [-0.05, 0) is 86.9 Å². The first-order valence-corrected chi connectivity index (χ1v) is 13.5. The summed E-state index contributed by atoms with van der Waals surface area (Å²) in [6, 6.07) is 8.48. The summed E-state index contributed by atoms with van der Waals surface area (Å²) in [7, 11) is -4.11. The van der Waals surface area contributed by atoms with Gasteiger partial charge in [-0.1, -0.05) is 6.92 Å². The Morgan fingerprint density at radius 3 is 2.31 bits per heavy atom. The minimum atomic E-state index is -4.11. The molecule has 9 nitrogen and oxygen atoms in total. The number of aromatic nitrogens is 1. The van der Waals surface area contributed by atoms with E-state index in [4.69, 9.17) is 9.47 Å². The van der Waals surface area contributed by atoms with Crippen LogP contribution in [0, 0.1) is 5.92 Å². The van der Waals surface area contributed by atoms with E-state index in [1.54, 1.807) is 42.1 Å². The molecule has 1 aromatic carbocycles. The Balaban J connectivity index is 0.00000456. The van der Waals surface area contributed by atoms with E-state index in [-0.39, 0.29) is 35.9 Å². The number of sulfonamides is 1. The molecule has 1 atom stereocenters. The lowest BCUT2D eigenvalue weighted by Crippen LogP contribution is -2.53. The predicted octanol–water partition coefficient (Wildman–Crippen LogP) is 3.95. The van der Waals surface area contributed by atoms with Gasteiger partial charge in [-0.2, -0.15) is 4.31 Å². The number of nitrogens with zero attached hydrogens (tertiary/aromatic N) is 2. The topological polar surface area (TPSA) is 118 Å². The number of benzene rings is 1. The monoisotopic (exact) mass is 541 g/mol. The molecule has 36 heavy (non-hydrogen) atoms. The number of rotatable bonds is 12. The van der Waals surface area contributed by atoms with Crippen molar-refractivity contribution in [2.24, 2.45) is 5.92 Å². The Hall–Kier alpha value is -2.24. The fourth-order valence-electron chi connectivity index (χ4n) is 4.51. The van der Waals surface area contributed by atoms with E-state index in [2.05, 4.69) is 11.9 Å². The second kappa shape index (κ2) is 14.5. The first-order valence-electron chi connectivity index (χ1n) is 12.1. The van der Waals surface area contributed by atoms with E-state index in [1.807, 2.05) is 6.92 Å². The van der Waals surface area contributed by atoms with Crippen LogP contribution in [0.15, 0.2) is 53.7 Å². The third kappa shape index (κ3) is 7.63. The van der Waals surface area contributed by atoms with E-state index in [9.17, 15) is 18.4 Å². The van der Waals surface area contributed by atoms with Gasteiger partial charge in [0.2, 0.25) is 10.0 Å². The van der Waals surface area contributed by atoms with Crippen molar-refractivity contribution in [2.75, 3.05) is 13.2 Å². The zero-order valence-electron chi connectivity index (χ0n) is 20.7. The zero-order chi connectivity index (χ0) is 25.3. The highest BCUT2D eigenvalue weighted by Gasteiger charge is 2.42. The van der Waals surface area contributed by atoms with Crippen LogP contribution in [-0.2, 0) is 26.1 Å². The standard InChI is InChI=1S/C25H35N3O6S.ClH/c1-3-17-34-22-7-5-20(6-8-22)24(25(29)27-30)28(18-19-13-15-26-16-14-19)35(31,32)23-11-9-21(10-12-23)33-4-2;/h9-16,20,22,24,30H,3-8,17-18H2,1-2H3,(H,27,29);1H/t20?,22?,24-;/m1./s1. The molecule has 0 bridgehead atoms. The average molecular weight is 542 g/mol. The molecule has 2 aromatic rings. The molecule has 0 unspecified atom stereocenters. The molecular formula is C25H36ClN3O6S. The summed E-state index contributed by atoms with van der Waals surface area (Å²) in [6.45, 7) is 5.00. The summed E-state index contributed by atoms with van der Waals surface area (Å²) >= 11 is 0. The van der Waals surface area contributed by atoms with Crippen molar-refractivity contribution in [3.63, 3.8) is 0 Å². The fourth-order valence-corrected chi connectivity index (χ4v) is 6.15. The van der Waals surface area contributed by atoms with Gasteiger partial charge in [-0.25, -0.2) is 13.9 Å². The maximum atomic E-state index is 13.9. The van der Waals surface area contributed by atoms with Crippen molar-refractivity contribution in [1.82, 2.24) is 14.8 Å². The average Bonchev–Trinajstić information content (AvgIpc) is 2.88. The second-order valence-corrected chi connectivity index (χ2v) is 10.5. The van der Waals surface area contributed by atoms with Crippen LogP contribution in [0.5, 0.6) is 5.75 Å². The number of carbonyl (C=O) groups is 1. The molecule has 1 heterocycles. The molecule has 0 aliphatic heterocycles. The molecule has 200 valence electrons. The lowest BCUT2D eigenvalue weighted by molar-refractivity contribution is -0.136. The maximum absolute atomic E-state index is 13.9. The smallest absolute Gasteiger partial charge is 0.262 e. The minimum absolute atomic E-state index is 0. The quantitative estimate of drug-likeness (QED) is 0.308. The van der Waals surface area contributed by atoms with Gasteiger partial charge in [0.15, 0.2) is 0 Å². The van der Waals surface area contributed by atoms with Crippen LogP contribution >= 0.6 is 12.4 Å². The van der Waals surface area contributed by atoms with Crippen LogP contribution < -0.4 is 10.2 Å². The summed E-state index contributed by atoms with van der Waals surface area (Å²) in [4.78, 5) is 17.0. The fraction of sp³-hybridized carbons (Fsp3) is 0.520. The Morgan fingerprint density at radius 1 is 1.11 bits per heavy atom. The molecule has 1 amide bonds. The molecule has 1 aliphatic carbocycles. The van der Waals surface area contributed by atoms with Crippen molar-refractivity contribution in [3.8, 4) is 5.75 Å². The first kappa shape index (κ1) is 30.0. The SMILES string of the molecule is CCCOC1CCC([C@H](C(=O)NO)N(Cc2ccncc2)S(=O)(=O)c2ccc(OCC)cc2)CC1.Cl. The normalized spacial score (nSPS) is 18.8. The van der Waals surface area contributed by atoms with Gasteiger partial charge in [-0.15, -0.1) is 12.4 Å². The van der Waals surface area contributed by atoms with Gasteiger partial charge in [0.05, 0.1) is 17.6 Å². The van der Waals surface area contributed by atoms with Gasteiger partial charge in [0, 0.05) is 25.5 Å². The Morgan fingerprint density at radius 2 is 1.75 bits per heavy atom. The van der Waals surface area contributed by atoms with Gasteiger partial charge >= 0.3 is 0 Å². The van der Waals surface area contributed by atoms with E-state index in [0.29, 0.717) is 37.4 Å². The highest BCUT2D eigenvalue weighted by atomic mass is 35.5. The summed E-state index contributed by atoms with van der Waals surface area (Å²) < 4.78 is 40.3. The number of amides is 1. The number of nitrogens with one attached hydrogen (secondary N) is 1. The van der Waals surface area contributed by atoms with E-state index in [0.717, 1.165) is 19.3 Å². The number of hydroxylamine groups is 1. The molecule has 0 spiro atoms. The number of carbonyl (C=O) groups excluding carboxylic acids is 1. The maximum Gasteiger partial charge on any atom is 0.262 e. The predicted molar refractivity (Wildman–Crippen MR) is 138 cm³/mol. The molecule has 1 aliphatic rings. The molecule has 3 rings (SSSR count). The van der Waals surface area contributed by atoms with Crippen molar-refractivity contribution in [3.05, 3.63) is 54.4 Å². The molecule has 11 heteroatoms. The minimum Gasteiger partial charge on any atom is -0.494 e. The largest absolute Gasteiger partial charge is 0.494 e. The van der Waals surface area contributed by atoms with Crippen LogP contribution in [0.25, 0.3) is 0 Å². The number of hydrogen-bond acceptors (Lipinski definition) is 7. The highest BCUT2D eigenvalue weighted by Crippen LogP contribution is 2.34. The van der Waals surface area contributed by atoms with Crippen molar-refractivity contribution < 1.29 is 27.9 Å². The number of halogens is 1. The van der Waals surface area contributed by atoms with Gasteiger partial charge in [-0.3, -0.25) is 15.0 Å². The first-order chi connectivity index (χ1) is 16.9. The molecule has 0 saturated heterocycles. The molecule has 1 fully saturated rings. The molecule has 1 saturated carbocycles. The molecule has 2 N–H and O–H groups in total. The molecule has 0 radical (unpaired) electrons. The van der Waals surface area contributed by atoms with E-state index >= 15 is 0 Å². The summed E-state index contributed by atoms with van der Waals surface area (Å²) in [5.41, 5.74) is 2.40. The van der Waals surface area contributed by atoms with Crippen molar-refractivity contribution >= 4 is 28.3 Å². The third-order valence-corrected chi connectivity index (χ3v) is 8.08. The van der Waals surface area contributed by atoms with Crippen LogP contribution in [0.1, 0.15) is 51.5 Å². The van der Waals surface area contributed by atoms with Crippen molar-refractivity contribution in [2.45, 2.75) is 69.5 Å². The number of ether oxygens (including phenoxy) is 2. The number of pyridine rings is 1. The zero-order valence-corrected chi connectivity index (χ0v) is 22.3. The van der Waals surface area contributed by atoms with Gasteiger partial charge < -0.3 is 9.47 Å². The van der Waals surface area contributed by atoms with E-state index < -0.39 is 22.0 Å². The third-order valence-electron chi connectivity index (χ3n) is 6.24. The Bertz CT molecular complexity index is 1030. The van der Waals surface area contributed by atoms with E-state index in [1.165, 1.54) is 16.4 Å². The van der Waals surface area contributed by atoms with Crippen molar-refractivity contribution in [1.29, 1.82) is 0 Å². The summed E-state index contributed by atoms with van der Waals surface area (Å²) in [5, 5.41) is 9.58. The van der Waals surface area contributed by atoms with Crippen LogP contribution in [0.4, 0.5) is 0 Å². The summed E-state index contributed by atoms with van der Waals surface area (Å²) in [5.74, 6) is -0.461. The van der Waals surface area contributed by atoms with Gasteiger partial charge in [0.25, 0.3) is 5.91 Å². The molecular weight excluding hydrogens is 506 g/mol. The van der Waals surface area contributed by atoms with Crippen LogP contribution in [-0.4, -0.2) is 54.2 Å². The Kier molecular flexibility index (Phi) is 12.1. The second-order valence-electron chi connectivity index (χ2n) is 8.64.